The number of rotatable bonds is 5. The second-order valence-electron chi connectivity index (χ2n) is 4.73. The molecule has 0 amide bonds. The lowest BCUT2D eigenvalue weighted by Gasteiger charge is -2.08. The number of aromatic amines is 1. The van der Waals surface area contributed by atoms with Crippen molar-refractivity contribution in [2.45, 2.75) is 12.8 Å². The molecule has 2 rings (SSSR count). The van der Waals surface area contributed by atoms with Crippen molar-refractivity contribution in [3.05, 3.63) is 81.5 Å². The molecule has 1 N–H and O–H groups in total. The van der Waals surface area contributed by atoms with Crippen LogP contribution in [0.4, 0.5) is 13.2 Å². The fourth-order valence-corrected chi connectivity index (χ4v) is 2.18. The lowest BCUT2D eigenvalue weighted by molar-refractivity contribution is 0.440. The van der Waals surface area contributed by atoms with Crippen molar-refractivity contribution < 1.29 is 13.2 Å². The Morgan fingerprint density at radius 3 is 2.41 bits per heavy atom. The predicted octanol–water partition coefficient (Wildman–Crippen LogP) is 3.86. The number of pyridine rings is 1. The number of benzene rings is 1. The molecule has 0 aliphatic heterocycles. The van der Waals surface area contributed by atoms with Gasteiger partial charge in [0.05, 0.1) is 0 Å². The molecule has 0 radical (unpaired) electrons. The van der Waals surface area contributed by atoms with E-state index in [4.69, 9.17) is 0 Å². The highest BCUT2D eigenvalue weighted by Gasteiger charge is 2.13. The van der Waals surface area contributed by atoms with Gasteiger partial charge >= 0.3 is 0 Å². The second kappa shape index (κ2) is 6.47. The van der Waals surface area contributed by atoms with Crippen LogP contribution in [0.15, 0.2) is 36.2 Å². The third kappa shape index (κ3) is 3.03. The first kappa shape index (κ1) is 15.8. The maximum atomic E-state index is 13.6. The topological polar surface area (TPSA) is 32.9 Å². The molecule has 0 saturated carbocycles. The Labute approximate surface area is 125 Å². The van der Waals surface area contributed by atoms with Crippen LogP contribution in [0, 0.1) is 17.5 Å². The molecule has 1 aromatic heterocycles. The Bertz CT molecular complexity index is 793. The molecule has 0 unspecified atom stereocenters. The number of aryl methyl sites for hydroxylation is 2. The van der Waals surface area contributed by atoms with Gasteiger partial charge in [-0.25, -0.2) is 13.2 Å². The van der Waals surface area contributed by atoms with Crippen LogP contribution in [0.3, 0.4) is 0 Å². The van der Waals surface area contributed by atoms with Crippen LogP contribution in [0.5, 0.6) is 0 Å². The normalized spacial score (nSPS) is 10.5. The average molecular weight is 305 g/mol. The van der Waals surface area contributed by atoms with Crippen molar-refractivity contribution in [3.8, 4) is 0 Å². The van der Waals surface area contributed by atoms with Crippen LogP contribution >= 0.6 is 0 Å². The van der Waals surface area contributed by atoms with Crippen LogP contribution in [0.1, 0.15) is 22.5 Å². The highest BCUT2D eigenvalue weighted by Crippen LogP contribution is 2.17. The van der Waals surface area contributed by atoms with Crippen molar-refractivity contribution in [1.29, 1.82) is 0 Å². The van der Waals surface area contributed by atoms with E-state index in [-0.39, 0.29) is 23.8 Å². The zero-order valence-electron chi connectivity index (χ0n) is 11.8. The quantitative estimate of drug-likeness (QED) is 0.836. The van der Waals surface area contributed by atoms with Crippen LogP contribution in [0.2, 0.25) is 0 Å². The van der Waals surface area contributed by atoms with Gasteiger partial charge < -0.3 is 4.98 Å². The Balaban J connectivity index is 2.28. The molecule has 1 aromatic carbocycles. The summed E-state index contributed by atoms with van der Waals surface area (Å²) in [6.45, 7) is 7.16. The molecule has 2 nitrogen and oxygen atoms in total. The number of aromatic nitrogens is 1. The smallest absolute Gasteiger partial charge is 0.194 e. The van der Waals surface area contributed by atoms with Crippen LogP contribution < -0.4 is 5.43 Å². The summed E-state index contributed by atoms with van der Waals surface area (Å²) in [4.78, 5) is 14.9. The zero-order chi connectivity index (χ0) is 16.3. The molecular formula is C17H14F3NO. The summed E-state index contributed by atoms with van der Waals surface area (Å²) in [5, 5.41) is 0. The standard InChI is InChI=1S/C17H14F3NO/c1-3-12-14(4-2)21-11(9-15(12)22)7-5-10-6-8-13(18)17(20)16(10)19/h3-4,6,8-9H,1-2,5,7H2,(H,21,22). The predicted molar refractivity (Wildman–Crippen MR) is 81.0 cm³/mol. The van der Waals surface area contributed by atoms with Gasteiger partial charge in [-0.15, -0.1) is 0 Å². The Kier molecular flexibility index (Phi) is 4.65. The summed E-state index contributed by atoms with van der Waals surface area (Å²) in [5.74, 6) is -3.91. The fourth-order valence-electron chi connectivity index (χ4n) is 2.18. The Morgan fingerprint density at radius 1 is 1.05 bits per heavy atom. The van der Waals surface area contributed by atoms with Crippen molar-refractivity contribution >= 4 is 12.2 Å². The van der Waals surface area contributed by atoms with Crippen molar-refractivity contribution in [3.63, 3.8) is 0 Å². The zero-order valence-corrected chi connectivity index (χ0v) is 11.8. The summed E-state index contributed by atoms with van der Waals surface area (Å²) < 4.78 is 39.6. The highest BCUT2D eigenvalue weighted by atomic mass is 19.2. The van der Waals surface area contributed by atoms with Gasteiger partial charge in [-0.1, -0.05) is 25.3 Å². The maximum absolute atomic E-state index is 13.6. The molecule has 0 bridgehead atoms. The second-order valence-corrected chi connectivity index (χ2v) is 4.73. The van der Waals surface area contributed by atoms with Crippen LogP contribution in [-0.4, -0.2) is 4.98 Å². The van der Waals surface area contributed by atoms with E-state index >= 15 is 0 Å². The minimum absolute atomic E-state index is 0.0488. The maximum Gasteiger partial charge on any atom is 0.194 e. The lowest BCUT2D eigenvalue weighted by atomic mass is 10.1. The molecule has 5 heteroatoms. The SMILES string of the molecule is C=Cc1[nH]c(CCc2ccc(F)c(F)c2F)cc(=O)c1C=C. The van der Waals surface area contributed by atoms with Gasteiger partial charge in [-0.05, 0) is 30.5 Å². The van der Waals surface area contributed by atoms with E-state index in [1.165, 1.54) is 24.3 Å². The van der Waals surface area contributed by atoms with Crippen LogP contribution in [-0.2, 0) is 12.8 Å². The van der Waals surface area contributed by atoms with Gasteiger partial charge in [-0.2, -0.15) is 0 Å². The molecule has 0 spiro atoms. The lowest BCUT2D eigenvalue weighted by Crippen LogP contribution is -2.11. The molecule has 2 aromatic rings. The van der Waals surface area contributed by atoms with Crippen molar-refractivity contribution in [2.75, 3.05) is 0 Å². The van der Waals surface area contributed by atoms with E-state index < -0.39 is 17.5 Å². The minimum atomic E-state index is -1.49. The third-order valence-electron chi connectivity index (χ3n) is 3.34. The van der Waals surface area contributed by atoms with Gasteiger partial charge in [0.15, 0.2) is 22.9 Å². The summed E-state index contributed by atoms with van der Waals surface area (Å²) in [5.41, 5.74) is 1.28. The molecule has 0 aliphatic rings. The molecule has 1 heterocycles. The summed E-state index contributed by atoms with van der Waals surface area (Å²) in [6, 6.07) is 3.45. The van der Waals surface area contributed by atoms with Gasteiger partial charge in [-0.3, -0.25) is 4.79 Å². The summed E-state index contributed by atoms with van der Waals surface area (Å²) >= 11 is 0. The van der Waals surface area contributed by atoms with Gasteiger partial charge in [0.2, 0.25) is 0 Å². The molecule has 0 fully saturated rings. The highest BCUT2D eigenvalue weighted by molar-refractivity contribution is 5.60. The number of halogens is 3. The van der Waals surface area contributed by atoms with Gasteiger partial charge in [0.1, 0.15) is 0 Å². The van der Waals surface area contributed by atoms with E-state index in [1.54, 1.807) is 0 Å². The number of hydrogen-bond acceptors (Lipinski definition) is 1. The van der Waals surface area contributed by atoms with E-state index in [9.17, 15) is 18.0 Å². The van der Waals surface area contributed by atoms with Gasteiger partial charge in [0, 0.05) is 23.0 Å². The van der Waals surface area contributed by atoms with Crippen molar-refractivity contribution in [2.24, 2.45) is 0 Å². The largest absolute Gasteiger partial charge is 0.358 e. The molecule has 22 heavy (non-hydrogen) atoms. The number of H-pyrrole nitrogens is 1. The Hall–Kier alpha value is -2.56. The molecule has 0 aliphatic carbocycles. The third-order valence-corrected chi connectivity index (χ3v) is 3.34. The average Bonchev–Trinajstić information content (AvgIpc) is 2.51. The van der Waals surface area contributed by atoms with E-state index in [1.807, 2.05) is 0 Å². The first-order valence-electron chi connectivity index (χ1n) is 6.61. The summed E-state index contributed by atoms with van der Waals surface area (Å²) in [7, 11) is 0. The molecule has 0 saturated heterocycles. The van der Waals surface area contributed by atoms with E-state index in [0.717, 1.165) is 6.07 Å². The van der Waals surface area contributed by atoms with Gasteiger partial charge in [0.25, 0.3) is 0 Å². The van der Waals surface area contributed by atoms with E-state index in [2.05, 4.69) is 18.1 Å². The molecule has 0 atom stereocenters. The van der Waals surface area contributed by atoms with Crippen LogP contribution in [0.25, 0.3) is 12.2 Å². The first-order chi connectivity index (χ1) is 10.5. The van der Waals surface area contributed by atoms with Crippen molar-refractivity contribution in [1.82, 2.24) is 4.98 Å². The number of nitrogens with one attached hydrogen (secondary N) is 1. The first-order valence-corrected chi connectivity index (χ1v) is 6.61. The number of hydrogen-bond donors (Lipinski definition) is 1. The fraction of sp³-hybridized carbons (Fsp3) is 0.118. The molecule has 114 valence electrons. The Morgan fingerprint density at radius 2 is 1.77 bits per heavy atom. The van der Waals surface area contributed by atoms with E-state index in [0.29, 0.717) is 17.0 Å². The molecular weight excluding hydrogens is 291 g/mol. The monoisotopic (exact) mass is 305 g/mol. The summed E-state index contributed by atoms with van der Waals surface area (Å²) in [6.07, 6.45) is 3.31. The minimum Gasteiger partial charge on any atom is -0.358 e.